The number of rotatable bonds is 19. The van der Waals surface area contributed by atoms with Gasteiger partial charge in [-0.2, -0.15) is 5.26 Å². The molecule has 0 heterocycles. The lowest BCUT2D eigenvalue weighted by atomic mass is 9.78. The van der Waals surface area contributed by atoms with Crippen LogP contribution in [-0.2, 0) is 0 Å². The fourth-order valence-electron chi connectivity index (χ4n) is 4.11. The number of nitriles is 1. The van der Waals surface area contributed by atoms with Gasteiger partial charge in [0.15, 0.2) is 0 Å². The van der Waals surface area contributed by atoms with Gasteiger partial charge in [0.1, 0.15) is 5.88 Å². The molecule has 0 aromatic heterocycles. The van der Waals surface area contributed by atoms with Crippen LogP contribution in [0.3, 0.4) is 0 Å². The molecule has 1 nitrogen and oxygen atoms in total. The SMILES string of the molecule is CCCCCCCCCCC(CCCC)C(Br)(CCCC)CCCC.N#CCCl. The molecular formula is C26H51BrClN. The second kappa shape index (κ2) is 24.5. The highest BCUT2D eigenvalue weighted by Crippen LogP contribution is 2.43. The molecule has 0 saturated carbocycles. The fraction of sp³-hybridized carbons (Fsp3) is 0.962. The minimum Gasteiger partial charge on any atom is -0.197 e. The van der Waals surface area contributed by atoms with Crippen molar-refractivity contribution in [1.82, 2.24) is 0 Å². The van der Waals surface area contributed by atoms with E-state index in [2.05, 4.69) is 43.6 Å². The molecule has 3 heteroatoms. The molecule has 29 heavy (non-hydrogen) atoms. The summed E-state index contributed by atoms with van der Waals surface area (Å²) in [6.45, 7) is 9.33. The van der Waals surface area contributed by atoms with Crippen LogP contribution in [0.25, 0.3) is 0 Å². The van der Waals surface area contributed by atoms with Crippen molar-refractivity contribution in [3.05, 3.63) is 0 Å². The van der Waals surface area contributed by atoms with E-state index < -0.39 is 0 Å². The third-order valence-electron chi connectivity index (χ3n) is 6.00. The molecule has 0 amide bonds. The van der Waals surface area contributed by atoms with Crippen LogP contribution < -0.4 is 0 Å². The minimum atomic E-state index is 0.0972. The molecule has 1 unspecified atom stereocenters. The number of hydrogen-bond acceptors (Lipinski definition) is 1. The second-order valence-electron chi connectivity index (χ2n) is 8.64. The maximum atomic E-state index is 7.49. The maximum Gasteiger partial charge on any atom is 0.109 e. The van der Waals surface area contributed by atoms with Crippen LogP contribution in [0.1, 0.15) is 143 Å². The van der Waals surface area contributed by atoms with Crippen LogP contribution in [0.15, 0.2) is 0 Å². The van der Waals surface area contributed by atoms with Gasteiger partial charge in [-0.1, -0.05) is 134 Å². The monoisotopic (exact) mass is 491 g/mol. The molecule has 0 spiro atoms. The Kier molecular flexibility index (Phi) is 26.6. The molecule has 0 aromatic rings. The first-order valence-corrected chi connectivity index (χ1v) is 14.0. The van der Waals surface area contributed by atoms with E-state index in [0.29, 0.717) is 4.32 Å². The summed E-state index contributed by atoms with van der Waals surface area (Å²) in [7, 11) is 0. The Morgan fingerprint density at radius 3 is 1.48 bits per heavy atom. The summed E-state index contributed by atoms with van der Waals surface area (Å²) in [5.41, 5.74) is 0. The zero-order valence-electron chi connectivity index (χ0n) is 20.2. The Bertz CT molecular complexity index is 345. The number of hydrogen-bond donors (Lipinski definition) is 0. The van der Waals surface area contributed by atoms with Gasteiger partial charge in [0.25, 0.3) is 0 Å². The van der Waals surface area contributed by atoms with Crippen molar-refractivity contribution in [1.29, 1.82) is 5.26 Å². The quantitative estimate of drug-likeness (QED) is 0.130. The van der Waals surface area contributed by atoms with E-state index in [4.69, 9.17) is 16.9 Å². The number of alkyl halides is 2. The molecule has 0 rings (SSSR count). The standard InChI is InChI=1S/C24H49Br.C2H2ClN/c1-5-9-13-14-15-16-17-18-20-23(19-10-6-2)24(25,21-11-7-3)22-12-8-4;3-1-2-4/h23H,5-22H2,1-4H3;1H2. The summed E-state index contributed by atoms with van der Waals surface area (Å²) in [6.07, 6.45) is 25.4. The van der Waals surface area contributed by atoms with Crippen LogP contribution in [0.4, 0.5) is 0 Å². The highest BCUT2D eigenvalue weighted by Gasteiger charge is 2.34. The van der Waals surface area contributed by atoms with Crippen molar-refractivity contribution in [3.63, 3.8) is 0 Å². The predicted octanol–water partition coefficient (Wildman–Crippen LogP) is 10.6. The molecule has 0 radical (unpaired) electrons. The van der Waals surface area contributed by atoms with Gasteiger partial charge in [0, 0.05) is 4.32 Å². The lowest BCUT2D eigenvalue weighted by molar-refractivity contribution is 0.282. The molecule has 0 aliphatic heterocycles. The number of halogens is 2. The zero-order chi connectivity index (χ0) is 22.2. The van der Waals surface area contributed by atoms with Crippen LogP contribution in [0.2, 0.25) is 0 Å². The number of nitrogens with zero attached hydrogens (tertiary/aromatic N) is 1. The molecule has 0 aliphatic carbocycles. The highest BCUT2D eigenvalue weighted by molar-refractivity contribution is 9.10. The Labute approximate surface area is 197 Å². The van der Waals surface area contributed by atoms with E-state index in [1.807, 2.05) is 0 Å². The summed E-state index contributed by atoms with van der Waals surface area (Å²) < 4.78 is 0.426. The summed E-state index contributed by atoms with van der Waals surface area (Å²) in [5, 5.41) is 7.49. The minimum absolute atomic E-state index is 0.0972. The lowest BCUT2D eigenvalue weighted by Crippen LogP contribution is -2.32. The first-order chi connectivity index (χ1) is 14.1. The van der Waals surface area contributed by atoms with E-state index in [1.165, 1.54) is 116 Å². The van der Waals surface area contributed by atoms with Crippen molar-refractivity contribution in [2.75, 3.05) is 5.88 Å². The first-order valence-electron chi connectivity index (χ1n) is 12.7. The van der Waals surface area contributed by atoms with E-state index in [1.54, 1.807) is 6.07 Å². The van der Waals surface area contributed by atoms with Crippen molar-refractivity contribution in [2.24, 2.45) is 5.92 Å². The van der Waals surface area contributed by atoms with Crippen LogP contribution in [0, 0.1) is 17.2 Å². The predicted molar refractivity (Wildman–Crippen MR) is 137 cm³/mol. The largest absolute Gasteiger partial charge is 0.197 e. The fourth-order valence-corrected chi connectivity index (χ4v) is 5.13. The van der Waals surface area contributed by atoms with Crippen molar-refractivity contribution in [3.8, 4) is 6.07 Å². The van der Waals surface area contributed by atoms with Gasteiger partial charge in [-0.25, -0.2) is 0 Å². The smallest absolute Gasteiger partial charge is 0.109 e. The van der Waals surface area contributed by atoms with E-state index >= 15 is 0 Å². The van der Waals surface area contributed by atoms with Gasteiger partial charge in [-0.3, -0.25) is 0 Å². The van der Waals surface area contributed by atoms with Crippen LogP contribution >= 0.6 is 27.5 Å². The average molecular weight is 493 g/mol. The van der Waals surface area contributed by atoms with E-state index in [0.717, 1.165) is 5.92 Å². The molecule has 0 N–H and O–H groups in total. The van der Waals surface area contributed by atoms with Gasteiger partial charge < -0.3 is 0 Å². The summed E-state index contributed by atoms with van der Waals surface area (Å²) in [6, 6.07) is 1.70. The Balaban J connectivity index is 0. The summed E-state index contributed by atoms with van der Waals surface area (Å²) >= 11 is 9.12. The summed E-state index contributed by atoms with van der Waals surface area (Å²) in [5.74, 6) is 0.991. The van der Waals surface area contributed by atoms with Gasteiger partial charge in [-0.05, 0) is 31.6 Å². The Hall–Kier alpha value is 0.260. The maximum absolute atomic E-state index is 7.49. The molecule has 0 aromatic carbocycles. The van der Waals surface area contributed by atoms with Crippen LogP contribution in [-0.4, -0.2) is 10.2 Å². The molecule has 0 fully saturated rings. The molecular weight excluding hydrogens is 442 g/mol. The number of unbranched alkanes of at least 4 members (excludes halogenated alkanes) is 10. The van der Waals surface area contributed by atoms with Gasteiger partial charge in [0.05, 0.1) is 6.07 Å². The average Bonchev–Trinajstić information content (AvgIpc) is 2.74. The zero-order valence-corrected chi connectivity index (χ0v) is 22.6. The van der Waals surface area contributed by atoms with Crippen molar-refractivity contribution in [2.45, 2.75) is 148 Å². The van der Waals surface area contributed by atoms with Crippen LogP contribution in [0.5, 0.6) is 0 Å². The molecule has 1 atom stereocenters. The van der Waals surface area contributed by atoms with Gasteiger partial charge >= 0.3 is 0 Å². The highest BCUT2D eigenvalue weighted by atomic mass is 79.9. The molecule has 174 valence electrons. The van der Waals surface area contributed by atoms with E-state index in [-0.39, 0.29) is 5.88 Å². The lowest BCUT2D eigenvalue weighted by Gasteiger charge is -2.37. The topological polar surface area (TPSA) is 23.8 Å². The molecule has 0 aliphatic rings. The second-order valence-corrected chi connectivity index (χ2v) is 10.5. The van der Waals surface area contributed by atoms with Crippen molar-refractivity contribution >= 4 is 27.5 Å². The van der Waals surface area contributed by atoms with Gasteiger partial charge in [-0.15, -0.1) is 11.6 Å². The third kappa shape index (κ3) is 19.9. The van der Waals surface area contributed by atoms with Gasteiger partial charge in [0.2, 0.25) is 0 Å². The molecule has 0 bridgehead atoms. The first kappa shape index (κ1) is 31.4. The normalized spacial score (nSPS) is 12.2. The third-order valence-corrected chi connectivity index (χ3v) is 7.56. The molecule has 0 saturated heterocycles. The Morgan fingerprint density at radius 1 is 0.690 bits per heavy atom. The van der Waals surface area contributed by atoms with E-state index in [9.17, 15) is 0 Å². The van der Waals surface area contributed by atoms with Crippen molar-refractivity contribution < 1.29 is 0 Å². The Morgan fingerprint density at radius 2 is 1.07 bits per heavy atom. The summed E-state index contributed by atoms with van der Waals surface area (Å²) in [4.78, 5) is 0.